The average Bonchev–Trinajstić information content (AvgIpc) is 2.60. The molecule has 0 bridgehead atoms. The maximum Gasteiger partial charge on any atom is 0.223 e. The van der Waals surface area contributed by atoms with E-state index >= 15 is 0 Å². The Morgan fingerprint density at radius 1 is 1.30 bits per heavy atom. The Hall–Kier alpha value is -1.91. The molecule has 1 unspecified atom stereocenters. The molecule has 0 radical (unpaired) electrons. The lowest BCUT2D eigenvalue weighted by Crippen LogP contribution is -2.48. The highest BCUT2D eigenvalue weighted by Gasteiger charge is 2.27. The Morgan fingerprint density at radius 2 is 2.22 bits per heavy atom. The van der Waals surface area contributed by atoms with Gasteiger partial charge in [-0.3, -0.25) is 9.78 Å². The summed E-state index contributed by atoms with van der Waals surface area (Å²) in [4.78, 5) is 18.9. The Kier molecular flexibility index (Phi) is 5.26. The van der Waals surface area contributed by atoms with Crippen LogP contribution in [0.4, 0.5) is 0 Å². The van der Waals surface area contributed by atoms with E-state index in [1.807, 2.05) is 47.4 Å². The fourth-order valence-electron chi connectivity index (χ4n) is 2.94. The molecular weight excluding hydrogens is 310 g/mol. The Bertz CT molecular complexity index is 662. The molecule has 1 N–H and O–H groups in total. The molecule has 4 nitrogen and oxygen atoms in total. The number of carbonyl (C=O) groups is 1. The van der Waals surface area contributed by atoms with Crippen molar-refractivity contribution in [1.29, 1.82) is 0 Å². The van der Waals surface area contributed by atoms with Crippen molar-refractivity contribution >= 4 is 17.5 Å². The number of aromatic nitrogens is 1. The first-order chi connectivity index (χ1) is 11.2. The van der Waals surface area contributed by atoms with Crippen LogP contribution in [0.3, 0.4) is 0 Å². The first kappa shape index (κ1) is 16.0. The molecule has 0 spiro atoms. The Balaban J connectivity index is 1.69. The van der Waals surface area contributed by atoms with E-state index < -0.39 is 0 Å². The lowest BCUT2D eigenvalue weighted by molar-refractivity contribution is -0.134. The average molecular weight is 330 g/mol. The summed E-state index contributed by atoms with van der Waals surface area (Å²) < 4.78 is 0. The number of nitrogens with zero attached hydrogens (tertiary/aromatic N) is 2. The quantitative estimate of drug-likeness (QED) is 0.938. The standard InChI is InChI=1S/C18H20ClN3O/c19-15-5-3-4-14(12-15)17-13-20-10-11-22(17)18(23)8-7-16-6-1-2-9-21-16/h1-6,9,12,17,20H,7-8,10-11,13H2. The van der Waals surface area contributed by atoms with Crippen LogP contribution < -0.4 is 5.32 Å². The fourth-order valence-corrected chi connectivity index (χ4v) is 3.14. The molecule has 1 fully saturated rings. The summed E-state index contributed by atoms with van der Waals surface area (Å²) in [6, 6.07) is 13.6. The van der Waals surface area contributed by atoms with Gasteiger partial charge in [0.15, 0.2) is 0 Å². The highest BCUT2D eigenvalue weighted by molar-refractivity contribution is 6.30. The Morgan fingerprint density at radius 3 is 3.00 bits per heavy atom. The van der Waals surface area contributed by atoms with Gasteiger partial charge in [0.1, 0.15) is 0 Å². The van der Waals surface area contributed by atoms with Crippen LogP contribution in [0.2, 0.25) is 5.02 Å². The van der Waals surface area contributed by atoms with Crippen molar-refractivity contribution in [3.63, 3.8) is 0 Å². The molecule has 1 aliphatic rings. The summed E-state index contributed by atoms with van der Waals surface area (Å²) in [7, 11) is 0. The zero-order valence-corrected chi connectivity index (χ0v) is 13.7. The van der Waals surface area contributed by atoms with Gasteiger partial charge in [-0.2, -0.15) is 0 Å². The smallest absolute Gasteiger partial charge is 0.223 e. The third kappa shape index (κ3) is 4.09. The predicted octanol–water partition coefficient (Wildman–Crippen LogP) is 2.84. The van der Waals surface area contributed by atoms with Crippen LogP contribution in [0.5, 0.6) is 0 Å². The number of carbonyl (C=O) groups excluding carboxylic acids is 1. The van der Waals surface area contributed by atoms with Gasteiger partial charge in [-0.1, -0.05) is 29.8 Å². The van der Waals surface area contributed by atoms with E-state index in [1.165, 1.54) is 0 Å². The van der Waals surface area contributed by atoms with Gasteiger partial charge in [0.25, 0.3) is 0 Å². The van der Waals surface area contributed by atoms with E-state index in [0.29, 0.717) is 17.9 Å². The molecule has 23 heavy (non-hydrogen) atoms. The number of halogens is 1. The predicted molar refractivity (Wildman–Crippen MR) is 91.3 cm³/mol. The summed E-state index contributed by atoms with van der Waals surface area (Å²) in [5.74, 6) is 0.169. The number of aryl methyl sites for hydroxylation is 1. The van der Waals surface area contributed by atoms with Crippen LogP contribution >= 0.6 is 11.6 Å². The second kappa shape index (κ2) is 7.57. The zero-order chi connectivity index (χ0) is 16.1. The maximum absolute atomic E-state index is 12.7. The molecule has 2 aromatic rings. The fraction of sp³-hybridized carbons (Fsp3) is 0.333. The molecule has 1 aliphatic heterocycles. The number of hydrogen-bond acceptors (Lipinski definition) is 3. The van der Waals surface area contributed by atoms with Crippen molar-refractivity contribution in [2.24, 2.45) is 0 Å². The van der Waals surface area contributed by atoms with Crippen molar-refractivity contribution in [3.8, 4) is 0 Å². The van der Waals surface area contributed by atoms with E-state index in [2.05, 4.69) is 10.3 Å². The van der Waals surface area contributed by atoms with Crippen LogP contribution in [0.15, 0.2) is 48.7 Å². The Labute approximate surface area is 141 Å². The highest BCUT2D eigenvalue weighted by Crippen LogP contribution is 2.25. The largest absolute Gasteiger partial charge is 0.333 e. The summed E-state index contributed by atoms with van der Waals surface area (Å²) in [5, 5.41) is 4.06. The number of piperazine rings is 1. The van der Waals surface area contributed by atoms with Gasteiger partial charge in [-0.05, 0) is 36.2 Å². The van der Waals surface area contributed by atoms with Gasteiger partial charge in [0, 0.05) is 43.0 Å². The third-order valence-electron chi connectivity index (χ3n) is 4.12. The molecule has 1 aromatic heterocycles. The van der Waals surface area contributed by atoms with Crippen LogP contribution in [-0.2, 0) is 11.2 Å². The van der Waals surface area contributed by atoms with Gasteiger partial charge < -0.3 is 10.2 Å². The van der Waals surface area contributed by atoms with Crippen LogP contribution in [0, 0.1) is 0 Å². The monoisotopic (exact) mass is 329 g/mol. The lowest BCUT2D eigenvalue weighted by atomic mass is 10.0. The first-order valence-electron chi connectivity index (χ1n) is 7.89. The maximum atomic E-state index is 12.7. The lowest BCUT2D eigenvalue weighted by Gasteiger charge is -2.36. The van der Waals surface area contributed by atoms with Gasteiger partial charge in [-0.25, -0.2) is 0 Å². The van der Waals surface area contributed by atoms with Crippen LogP contribution in [0.1, 0.15) is 23.7 Å². The number of amides is 1. The second-order valence-corrected chi connectivity index (χ2v) is 6.12. The molecule has 1 atom stereocenters. The van der Waals surface area contributed by atoms with Crippen LogP contribution in [0.25, 0.3) is 0 Å². The van der Waals surface area contributed by atoms with Crippen molar-refractivity contribution in [1.82, 2.24) is 15.2 Å². The second-order valence-electron chi connectivity index (χ2n) is 5.68. The van der Waals surface area contributed by atoms with Gasteiger partial charge in [0.2, 0.25) is 5.91 Å². The topological polar surface area (TPSA) is 45.2 Å². The highest BCUT2D eigenvalue weighted by atomic mass is 35.5. The van der Waals surface area contributed by atoms with Crippen molar-refractivity contribution in [2.45, 2.75) is 18.9 Å². The number of benzene rings is 1. The number of pyridine rings is 1. The van der Waals surface area contributed by atoms with Gasteiger partial charge >= 0.3 is 0 Å². The summed E-state index contributed by atoms with van der Waals surface area (Å²) in [6.07, 6.45) is 2.92. The third-order valence-corrected chi connectivity index (χ3v) is 4.35. The summed E-state index contributed by atoms with van der Waals surface area (Å²) >= 11 is 6.10. The molecule has 0 aliphatic carbocycles. The van der Waals surface area contributed by atoms with E-state index in [0.717, 1.165) is 30.9 Å². The molecule has 0 saturated carbocycles. The summed E-state index contributed by atoms with van der Waals surface area (Å²) in [6.45, 7) is 2.31. The van der Waals surface area contributed by atoms with E-state index in [-0.39, 0.29) is 11.9 Å². The van der Waals surface area contributed by atoms with E-state index in [4.69, 9.17) is 11.6 Å². The van der Waals surface area contributed by atoms with Crippen molar-refractivity contribution in [3.05, 3.63) is 64.9 Å². The number of nitrogens with one attached hydrogen (secondary N) is 1. The molecule has 1 saturated heterocycles. The molecule has 2 heterocycles. The number of hydrogen-bond donors (Lipinski definition) is 1. The van der Waals surface area contributed by atoms with E-state index in [9.17, 15) is 4.79 Å². The van der Waals surface area contributed by atoms with Crippen molar-refractivity contribution in [2.75, 3.05) is 19.6 Å². The molecular formula is C18H20ClN3O. The SMILES string of the molecule is O=C(CCc1ccccn1)N1CCNCC1c1cccc(Cl)c1. The van der Waals surface area contributed by atoms with E-state index in [1.54, 1.807) is 6.20 Å². The van der Waals surface area contributed by atoms with Gasteiger partial charge in [0.05, 0.1) is 6.04 Å². The normalized spacial score (nSPS) is 18.0. The molecule has 5 heteroatoms. The zero-order valence-electron chi connectivity index (χ0n) is 12.9. The minimum absolute atomic E-state index is 0.0404. The molecule has 1 amide bonds. The number of rotatable bonds is 4. The molecule has 1 aromatic carbocycles. The minimum Gasteiger partial charge on any atom is -0.333 e. The van der Waals surface area contributed by atoms with Crippen LogP contribution in [-0.4, -0.2) is 35.4 Å². The molecule has 120 valence electrons. The van der Waals surface area contributed by atoms with Gasteiger partial charge in [-0.15, -0.1) is 0 Å². The summed E-state index contributed by atoms with van der Waals surface area (Å²) in [5.41, 5.74) is 2.03. The first-order valence-corrected chi connectivity index (χ1v) is 8.27. The van der Waals surface area contributed by atoms with Crippen molar-refractivity contribution < 1.29 is 4.79 Å². The molecule has 3 rings (SSSR count). The minimum atomic E-state index is 0.0404.